The van der Waals surface area contributed by atoms with Gasteiger partial charge in [-0.25, -0.2) is 4.79 Å². The van der Waals surface area contributed by atoms with Crippen LogP contribution >= 0.6 is 11.3 Å². The first kappa shape index (κ1) is 23.4. The van der Waals surface area contributed by atoms with Gasteiger partial charge in [0.05, 0.1) is 16.1 Å². The summed E-state index contributed by atoms with van der Waals surface area (Å²) in [7, 11) is 1.66. The maximum atomic E-state index is 12.7. The van der Waals surface area contributed by atoms with Crippen LogP contribution in [-0.4, -0.2) is 42.6 Å². The van der Waals surface area contributed by atoms with Gasteiger partial charge in [-0.15, -0.1) is 11.3 Å². The van der Waals surface area contributed by atoms with Crippen LogP contribution < -0.4 is 5.32 Å². The highest BCUT2D eigenvalue weighted by Crippen LogP contribution is 2.20. The van der Waals surface area contributed by atoms with Crippen molar-refractivity contribution >= 4 is 34.7 Å². The van der Waals surface area contributed by atoms with E-state index >= 15 is 0 Å². The molecule has 0 spiro atoms. The molecule has 2 aromatic heterocycles. The molecule has 3 aromatic rings. The standard InChI is InChI=1S/C24H26N2O5S/c1-16-14-19(17(2)26(16)11-7-12-30-3)21(27)15-31-24(29)18-8-4-5-9-20(18)25-23(28)22-10-6-13-32-22/h4-6,8-10,13-14H,7,11-12,15H2,1-3H3,(H,25,28). The molecule has 3 rings (SSSR count). The van der Waals surface area contributed by atoms with E-state index in [0.29, 0.717) is 22.7 Å². The molecule has 0 aliphatic rings. The van der Waals surface area contributed by atoms with Crippen LogP contribution in [0.1, 0.15) is 48.2 Å². The van der Waals surface area contributed by atoms with Crippen molar-refractivity contribution in [3.8, 4) is 0 Å². The number of Topliss-reactive ketones (excluding diaryl/α,β-unsaturated/α-hetero) is 1. The summed E-state index contributed by atoms with van der Waals surface area (Å²) in [5, 5.41) is 4.53. The lowest BCUT2D eigenvalue weighted by Crippen LogP contribution is -2.18. The molecule has 7 nitrogen and oxygen atoms in total. The SMILES string of the molecule is COCCCn1c(C)cc(C(=O)COC(=O)c2ccccc2NC(=O)c2cccs2)c1C. The molecule has 0 radical (unpaired) electrons. The first-order valence-corrected chi connectivity index (χ1v) is 11.1. The molecule has 1 N–H and O–H groups in total. The minimum Gasteiger partial charge on any atom is -0.454 e. The minimum atomic E-state index is -0.672. The van der Waals surface area contributed by atoms with Crippen molar-refractivity contribution in [1.29, 1.82) is 0 Å². The van der Waals surface area contributed by atoms with Gasteiger partial charge in [0.1, 0.15) is 0 Å². The Hall–Kier alpha value is -3.23. The van der Waals surface area contributed by atoms with E-state index in [1.54, 1.807) is 48.9 Å². The Balaban J connectivity index is 1.66. The highest BCUT2D eigenvalue weighted by Gasteiger charge is 2.20. The van der Waals surface area contributed by atoms with Crippen molar-refractivity contribution in [2.24, 2.45) is 0 Å². The number of anilines is 1. The highest BCUT2D eigenvalue weighted by molar-refractivity contribution is 7.12. The molecule has 2 heterocycles. The lowest BCUT2D eigenvalue weighted by atomic mass is 10.1. The van der Waals surface area contributed by atoms with Crippen molar-refractivity contribution in [2.45, 2.75) is 26.8 Å². The Labute approximate surface area is 191 Å². The average Bonchev–Trinajstić information content (AvgIpc) is 3.42. The number of hydrogen-bond donors (Lipinski definition) is 1. The van der Waals surface area contributed by atoms with Crippen molar-refractivity contribution in [3.63, 3.8) is 0 Å². The predicted octanol–water partition coefficient (Wildman–Crippen LogP) is 4.49. The molecular formula is C24H26N2O5S. The van der Waals surface area contributed by atoms with Gasteiger partial charge < -0.3 is 19.4 Å². The summed E-state index contributed by atoms with van der Waals surface area (Å²) in [6, 6.07) is 11.9. The summed E-state index contributed by atoms with van der Waals surface area (Å²) in [4.78, 5) is 38.3. The number of para-hydroxylation sites is 1. The third-order valence-corrected chi connectivity index (χ3v) is 5.95. The molecule has 0 saturated heterocycles. The zero-order chi connectivity index (χ0) is 23.1. The van der Waals surface area contributed by atoms with Crippen LogP contribution in [0.2, 0.25) is 0 Å². The number of ether oxygens (including phenoxy) is 2. The molecule has 0 unspecified atom stereocenters. The van der Waals surface area contributed by atoms with E-state index in [0.717, 1.165) is 24.4 Å². The number of benzene rings is 1. The van der Waals surface area contributed by atoms with Crippen LogP contribution in [0.15, 0.2) is 47.8 Å². The largest absolute Gasteiger partial charge is 0.454 e. The molecule has 32 heavy (non-hydrogen) atoms. The van der Waals surface area contributed by atoms with Gasteiger partial charge in [0, 0.05) is 37.2 Å². The Kier molecular flexibility index (Phi) is 7.97. The monoisotopic (exact) mass is 454 g/mol. The van der Waals surface area contributed by atoms with Crippen molar-refractivity contribution in [2.75, 3.05) is 25.6 Å². The zero-order valence-corrected chi connectivity index (χ0v) is 19.2. The van der Waals surface area contributed by atoms with Crippen LogP contribution in [0.5, 0.6) is 0 Å². The van der Waals surface area contributed by atoms with Crippen molar-refractivity contribution in [1.82, 2.24) is 4.57 Å². The Morgan fingerprint density at radius 3 is 2.56 bits per heavy atom. The fourth-order valence-corrected chi connectivity index (χ4v) is 4.06. The summed E-state index contributed by atoms with van der Waals surface area (Å²) in [5.41, 5.74) is 2.86. The van der Waals surface area contributed by atoms with Gasteiger partial charge in [-0.2, -0.15) is 0 Å². The Morgan fingerprint density at radius 2 is 1.84 bits per heavy atom. The van der Waals surface area contributed by atoms with Gasteiger partial charge in [0.25, 0.3) is 5.91 Å². The van der Waals surface area contributed by atoms with E-state index in [1.807, 2.05) is 19.9 Å². The number of esters is 1. The number of ketones is 1. The maximum Gasteiger partial charge on any atom is 0.340 e. The minimum absolute atomic E-state index is 0.190. The molecule has 0 aliphatic heterocycles. The average molecular weight is 455 g/mol. The van der Waals surface area contributed by atoms with Gasteiger partial charge in [0.15, 0.2) is 6.61 Å². The van der Waals surface area contributed by atoms with Crippen LogP contribution in [0.4, 0.5) is 5.69 Å². The first-order chi connectivity index (χ1) is 15.4. The number of hydrogen-bond acceptors (Lipinski definition) is 6. The number of aryl methyl sites for hydroxylation is 1. The summed E-state index contributed by atoms with van der Waals surface area (Å²) in [6.07, 6.45) is 0.837. The summed E-state index contributed by atoms with van der Waals surface area (Å²) in [6.45, 7) is 4.82. The summed E-state index contributed by atoms with van der Waals surface area (Å²) in [5.74, 6) is -1.25. The number of thiophene rings is 1. The lowest BCUT2D eigenvalue weighted by molar-refractivity contribution is 0.0475. The molecule has 1 amide bonds. The molecular weight excluding hydrogens is 428 g/mol. The van der Waals surface area contributed by atoms with E-state index in [9.17, 15) is 14.4 Å². The fourth-order valence-electron chi connectivity index (χ4n) is 3.44. The van der Waals surface area contributed by atoms with E-state index in [4.69, 9.17) is 9.47 Å². The van der Waals surface area contributed by atoms with Crippen molar-refractivity contribution in [3.05, 3.63) is 75.2 Å². The van der Waals surface area contributed by atoms with Gasteiger partial charge in [0.2, 0.25) is 5.78 Å². The van der Waals surface area contributed by atoms with E-state index < -0.39 is 5.97 Å². The number of amides is 1. The highest BCUT2D eigenvalue weighted by atomic mass is 32.1. The van der Waals surface area contributed by atoms with Crippen LogP contribution in [-0.2, 0) is 16.0 Å². The second-order valence-electron chi connectivity index (χ2n) is 7.26. The van der Waals surface area contributed by atoms with E-state index in [2.05, 4.69) is 9.88 Å². The topological polar surface area (TPSA) is 86.6 Å². The van der Waals surface area contributed by atoms with Gasteiger partial charge in [-0.05, 0) is 49.9 Å². The third-order valence-electron chi connectivity index (χ3n) is 5.08. The van der Waals surface area contributed by atoms with Crippen LogP contribution in [0, 0.1) is 13.8 Å². The Morgan fingerprint density at radius 1 is 1.06 bits per heavy atom. The van der Waals surface area contributed by atoms with Crippen molar-refractivity contribution < 1.29 is 23.9 Å². The third kappa shape index (κ3) is 5.52. The normalized spacial score (nSPS) is 10.7. The summed E-state index contributed by atoms with van der Waals surface area (Å²) < 4.78 is 12.4. The summed E-state index contributed by atoms with van der Waals surface area (Å²) >= 11 is 1.30. The number of nitrogens with one attached hydrogen (secondary N) is 1. The number of aromatic nitrogens is 1. The van der Waals surface area contributed by atoms with Crippen LogP contribution in [0.3, 0.4) is 0 Å². The molecule has 0 fully saturated rings. The second kappa shape index (κ2) is 10.9. The lowest BCUT2D eigenvalue weighted by Gasteiger charge is -2.11. The molecule has 0 aliphatic carbocycles. The number of methoxy groups -OCH3 is 1. The smallest absolute Gasteiger partial charge is 0.340 e. The Bertz CT molecular complexity index is 1100. The number of carbonyl (C=O) groups excluding carboxylic acids is 3. The fraction of sp³-hybridized carbons (Fsp3) is 0.292. The molecule has 0 atom stereocenters. The van der Waals surface area contributed by atoms with Gasteiger partial charge >= 0.3 is 5.97 Å². The zero-order valence-electron chi connectivity index (χ0n) is 18.3. The number of carbonyl (C=O) groups is 3. The quantitative estimate of drug-likeness (QED) is 0.277. The molecule has 0 bridgehead atoms. The molecule has 0 saturated carbocycles. The molecule has 8 heteroatoms. The first-order valence-electron chi connectivity index (χ1n) is 10.2. The van der Waals surface area contributed by atoms with E-state index in [-0.39, 0.29) is 23.9 Å². The number of rotatable bonds is 10. The van der Waals surface area contributed by atoms with Gasteiger partial charge in [-0.3, -0.25) is 9.59 Å². The molecule has 168 valence electrons. The maximum absolute atomic E-state index is 12.7. The second-order valence-corrected chi connectivity index (χ2v) is 8.21. The predicted molar refractivity (Wildman–Crippen MR) is 124 cm³/mol. The number of nitrogens with zero attached hydrogens (tertiary/aromatic N) is 1. The molecule has 1 aromatic carbocycles. The van der Waals surface area contributed by atoms with Crippen LogP contribution in [0.25, 0.3) is 0 Å². The van der Waals surface area contributed by atoms with Gasteiger partial charge in [-0.1, -0.05) is 18.2 Å². The van der Waals surface area contributed by atoms with E-state index in [1.165, 1.54) is 11.3 Å².